The van der Waals surface area contributed by atoms with Crippen LogP contribution in [-0.2, 0) is 0 Å². The normalized spacial score (nSPS) is 12.5. The van der Waals surface area contributed by atoms with Gasteiger partial charge in [-0.1, -0.05) is 24.3 Å². The Morgan fingerprint density at radius 3 is 2.27 bits per heavy atom. The molecule has 1 heterocycles. The van der Waals surface area contributed by atoms with Crippen molar-refractivity contribution in [1.29, 1.82) is 0 Å². The Kier molecular flexibility index (Phi) is 6.19. The van der Waals surface area contributed by atoms with Crippen LogP contribution in [0.1, 0.15) is 44.9 Å². The van der Waals surface area contributed by atoms with Gasteiger partial charge in [-0.2, -0.15) is 0 Å². The molecule has 3 aromatic carbocycles. The molecule has 0 saturated heterocycles. The van der Waals surface area contributed by atoms with Crippen LogP contribution >= 0.6 is 12.2 Å². The Hall–Kier alpha value is -4.04. The number of anilines is 2. The molecule has 3 aromatic rings. The molecule has 0 saturated carbocycles. The van der Waals surface area contributed by atoms with Gasteiger partial charge in [0.2, 0.25) is 0 Å². The van der Waals surface area contributed by atoms with Gasteiger partial charge in [0.15, 0.2) is 5.11 Å². The van der Waals surface area contributed by atoms with Crippen molar-refractivity contribution in [2.75, 3.05) is 10.2 Å². The van der Waals surface area contributed by atoms with E-state index in [9.17, 15) is 14.4 Å². The number of amides is 3. The van der Waals surface area contributed by atoms with Gasteiger partial charge in [-0.15, -0.1) is 0 Å². The van der Waals surface area contributed by atoms with Gasteiger partial charge >= 0.3 is 0 Å². The molecule has 1 aliphatic rings. The number of nitrogens with one attached hydrogen (secondary N) is 2. The van der Waals surface area contributed by atoms with Crippen molar-refractivity contribution in [1.82, 2.24) is 5.32 Å². The number of benzene rings is 3. The second-order valence-corrected chi connectivity index (χ2v) is 8.02. The number of nitrogens with zero attached hydrogens (tertiary/aromatic N) is 1. The van der Waals surface area contributed by atoms with E-state index >= 15 is 0 Å². The van der Waals surface area contributed by atoms with E-state index in [1.165, 1.54) is 0 Å². The highest BCUT2D eigenvalue weighted by Crippen LogP contribution is 2.32. The van der Waals surface area contributed by atoms with E-state index in [0.29, 0.717) is 22.7 Å². The van der Waals surface area contributed by atoms with Gasteiger partial charge in [-0.25, -0.2) is 4.90 Å². The first-order chi connectivity index (χ1) is 15.8. The molecule has 7 nitrogen and oxygen atoms in total. The first kappa shape index (κ1) is 22.2. The largest absolute Gasteiger partial charge is 0.491 e. The van der Waals surface area contributed by atoms with E-state index in [1.807, 2.05) is 13.8 Å². The first-order valence-corrected chi connectivity index (χ1v) is 10.7. The van der Waals surface area contributed by atoms with E-state index in [0.717, 1.165) is 4.90 Å². The Morgan fingerprint density at radius 2 is 1.61 bits per heavy atom. The second-order valence-electron chi connectivity index (χ2n) is 7.61. The summed E-state index contributed by atoms with van der Waals surface area (Å²) in [6.07, 6.45) is 0.0291. The number of ether oxygens (including phenoxy) is 1. The fourth-order valence-electron chi connectivity index (χ4n) is 3.49. The topological polar surface area (TPSA) is 87.7 Å². The number of thiocarbonyl (C=S) groups is 1. The minimum absolute atomic E-state index is 0.00863. The van der Waals surface area contributed by atoms with E-state index in [1.54, 1.807) is 72.8 Å². The van der Waals surface area contributed by atoms with Gasteiger partial charge in [0.1, 0.15) is 5.75 Å². The number of carbonyl (C=O) groups is 3. The van der Waals surface area contributed by atoms with Crippen LogP contribution in [0.5, 0.6) is 5.75 Å². The predicted molar refractivity (Wildman–Crippen MR) is 130 cm³/mol. The average Bonchev–Trinajstić information content (AvgIpc) is 3.05. The molecular weight excluding hydrogens is 438 g/mol. The summed E-state index contributed by atoms with van der Waals surface area (Å²) in [4.78, 5) is 39.6. The number of carbonyl (C=O) groups excluding carboxylic acids is 3. The van der Waals surface area contributed by atoms with E-state index < -0.39 is 17.7 Å². The molecule has 166 valence electrons. The summed E-state index contributed by atoms with van der Waals surface area (Å²) < 4.78 is 5.58. The Morgan fingerprint density at radius 1 is 0.909 bits per heavy atom. The van der Waals surface area contributed by atoms with Crippen LogP contribution in [-0.4, -0.2) is 28.9 Å². The third-order valence-corrected chi connectivity index (χ3v) is 5.10. The lowest BCUT2D eigenvalue weighted by Gasteiger charge is -2.14. The zero-order chi connectivity index (χ0) is 23.5. The molecule has 3 amide bonds. The van der Waals surface area contributed by atoms with Crippen LogP contribution in [0, 0.1) is 0 Å². The van der Waals surface area contributed by atoms with Crippen molar-refractivity contribution in [3.8, 4) is 5.75 Å². The number of hydrogen-bond donors (Lipinski definition) is 2. The van der Waals surface area contributed by atoms with Gasteiger partial charge in [0, 0.05) is 5.56 Å². The zero-order valence-corrected chi connectivity index (χ0v) is 18.8. The fourth-order valence-corrected chi connectivity index (χ4v) is 3.69. The van der Waals surface area contributed by atoms with Crippen LogP contribution in [0.25, 0.3) is 0 Å². The van der Waals surface area contributed by atoms with E-state index in [4.69, 9.17) is 17.0 Å². The molecule has 0 aliphatic carbocycles. The average molecular weight is 460 g/mol. The molecule has 1 aliphatic heterocycles. The van der Waals surface area contributed by atoms with Crippen LogP contribution < -0.4 is 20.3 Å². The van der Waals surface area contributed by atoms with E-state index in [-0.39, 0.29) is 22.3 Å². The van der Waals surface area contributed by atoms with E-state index in [2.05, 4.69) is 10.6 Å². The van der Waals surface area contributed by atoms with Crippen molar-refractivity contribution in [2.24, 2.45) is 0 Å². The third kappa shape index (κ3) is 4.61. The van der Waals surface area contributed by atoms with Crippen LogP contribution in [0.3, 0.4) is 0 Å². The first-order valence-electron chi connectivity index (χ1n) is 10.3. The van der Waals surface area contributed by atoms with Gasteiger partial charge in [-0.3, -0.25) is 19.7 Å². The summed E-state index contributed by atoms with van der Waals surface area (Å²) in [5.74, 6) is -0.625. The maximum absolute atomic E-state index is 13.1. The standard InChI is InChI=1S/C25H21N3O4S/c1-15(2)32-18-13-11-16(12-14-18)22(29)27-25(33)26-20-10-6-9-19-21(20)24(31)28(23(19)30)17-7-4-3-5-8-17/h3-15H,1-2H3,(H2,26,27,29,33). The van der Waals surface area contributed by atoms with Crippen LogP contribution in [0.15, 0.2) is 72.8 Å². The molecule has 2 N–H and O–H groups in total. The zero-order valence-electron chi connectivity index (χ0n) is 18.0. The lowest BCUT2D eigenvalue weighted by molar-refractivity contribution is 0.0924. The summed E-state index contributed by atoms with van der Waals surface area (Å²) in [5, 5.41) is 5.48. The number of hydrogen-bond acceptors (Lipinski definition) is 5. The maximum Gasteiger partial charge on any atom is 0.268 e. The van der Waals surface area contributed by atoms with Crippen molar-refractivity contribution < 1.29 is 19.1 Å². The van der Waals surface area contributed by atoms with Crippen molar-refractivity contribution >= 4 is 46.4 Å². The maximum atomic E-state index is 13.1. The van der Waals surface area contributed by atoms with Crippen LogP contribution in [0.2, 0.25) is 0 Å². The van der Waals surface area contributed by atoms with Crippen molar-refractivity contribution in [3.63, 3.8) is 0 Å². The number of imide groups is 1. The number of rotatable bonds is 5. The monoisotopic (exact) mass is 459 g/mol. The SMILES string of the molecule is CC(C)Oc1ccc(C(=O)NC(=S)Nc2cccc3c2C(=O)N(c2ccccc2)C3=O)cc1. The van der Waals surface area contributed by atoms with Gasteiger partial charge in [0.25, 0.3) is 17.7 Å². The summed E-state index contributed by atoms with van der Waals surface area (Å²) in [5.41, 5.74) is 1.70. The van der Waals surface area contributed by atoms with Crippen molar-refractivity contribution in [2.45, 2.75) is 20.0 Å². The Labute approximate surface area is 196 Å². The number of para-hydroxylation sites is 1. The van der Waals surface area contributed by atoms with Gasteiger partial charge < -0.3 is 10.1 Å². The molecular formula is C25H21N3O4S. The minimum atomic E-state index is -0.459. The second kappa shape index (κ2) is 9.22. The summed E-state index contributed by atoms with van der Waals surface area (Å²) in [6, 6.07) is 20.3. The molecule has 0 fully saturated rings. The molecule has 4 rings (SSSR count). The fraction of sp³-hybridized carbons (Fsp3) is 0.120. The molecule has 0 unspecified atom stereocenters. The van der Waals surface area contributed by atoms with Gasteiger partial charge in [-0.05, 0) is 74.6 Å². The molecule has 0 spiro atoms. The summed E-state index contributed by atoms with van der Waals surface area (Å²) in [6.45, 7) is 3.84. The van der Waals surface area contributed by atoms with Crippen molar-refractivity contribution in [3.05, 3.63) is 89.5 Å². The van der Waals surface area contributed by atoms with Crippen LogP contribution in [0.4, 0.5) is 11.4 Å². The smallest absolute Gasteiger partial charge is 0.268 e. The minimum Gasteiger partial charge on any atom is -0.491 e. The Balaban J connectivity index is 1.49. The molecule has 33 heavy (non-hydrogen) atoms. The summed E-state index contributed by atoms with van der Waals surface area (Å²) in [7, 11) is 0. The lowest BCUT2D eigenvalue weighted by atomic mass is 10.1. The molecule has 0 radical (unpaired) electrons. The highest BCUT2D eigenvalue weighted by Gasteiger charge is 2.38. The predicted octanol–water partition coefficient (Wildman–Crippen LogP) is 4.40. The quantitative estimate of drug-likeness (QED) is 0.434. The van der Waals surface area contributed by atoms with Gasteiger partial charge in [0.05, 0.1) is 28.6 Å². The molecule has 0 aromatic heterocycles. The molecule has 0 atom stereocenters. The highest BCUT2D eigenvalue weighted by atomic mass is 32.1. The number of fused-ring (bicyclic) bond motifs is 1. The highest BCUT2D eigenvalue weighted by molar-refractivity contribution is 7.80. The molecule has 8 heteroatoms. The lowest BCUT2D eigenvalue weighted by Crippen LogP contribution is -2.34. The third-order valence-electron chi connectivity index (χ3n) is 4.89. The molecule has 0 bridgehead atoms. The Bertz CT molecular complexity index is 1240. The summed E-state index contributed by atoms with van der Waals surface area (Å²) >= 11 is 5.28.